The first-order valence-corrected chi connectivity index (χ1v) is 8.03. The molecule has 27 heavy (non-hydrogen) atoms. The molecule has 0 fully saturated rings. The monoisotopic (exact) mass is 382 g/mol. The second-order valence-corrected chi connectivity index (χ2v) is 5.54. The number of carbonyl (C=O) groups is 2. The summed E-state index contributed by atoms with van der Waals surface area (Å²) < 4.78 is 42.9. The fourth-order valence-corrected chi connectivity index (χ4v) is 2.21. The second-order valence-electron chi connectivity index (χ2n) is 5.54. The summed E-state index contributed by atoms with van der Waals surface area (Å²) in [6.45, 7) is 2.20. The highest BCUT2D eigenvalue weighted by molar-refractivity contribution is 5.94. The van der Waals surface area contributed by atoms with Crippen molar-refractivity contribution in [1.82, 2.24) is 9.88 Å². The summed E-state index contributed by atoms with van der Waals surface area (Å²) >= 11 is 0. The van der Waals surface area contributed by atoms with Gasteiger partial charge in [0, 0.05) is 30.9 Å². The van der Waals surface area contributed by atoms with Crippen LogP contribution in [0.4, 0.5) is 13.2 Å². The Kier molecular flexibility index (Phi) is 6.38. The molecule has 0 aliphatic rings. The number of aromatic nitrogens is 1. The summed E-state index contributed by atoms with van der Waals surface area (Å²) in [5, 5.41) is 8.73. The smallest absolute Gasteiger partial charge is 0.417 e. The fraction of sp³-hybridized carbons (Fsp3) is 0.278. The molecule has 1 heterocycles. The van der Waals surface area contributed by atoms with Gasteiger partial charge < -0.3 is 14.7 Å². The summed E-state index contributed by atoms with van der Waals surface area (Å²) in [4.78, 5) is 28.0. The Morgan fingerprint density at radius 2 is 1.81 bits per heavy atom. The van der Waals surface area contributed by atoms with Crippen molar-refractivity contribution in [1.29, 1.82) is 0 Å². The van der Waals surface area contributed by atoms with E-state index < -0.39 is 17.7 Å². The number of hydrogen-bond acceptors (Lipinski definition) is 4. The van der Waals surface area contributed by atoms with E-state index in [1.165, 1.54) is 29.2 Å². The number of amides is 1. The van der Waals surface area contributed by atoms with Gasteiger partial charge in [0.1, 0.15) is 5.75 Å². The highest BCUT2D eigenvalue weighted by Gasteiger charge is 2.30. The van der Waals surface area contributed by atoms with Gasteiger partial charge in [-0.3, -0.25) is 9.59 Å². The number of ether oxygens (including phenoxy) is 1. The highest BCUT2D eigenvalue weighted by Crippen LogP contribution is 2.30. The van der Waals surface area contributed by atoms with Gasteiger partial charge in [0.05, 0.1) is 12.0 Å². The normalized spacial score (nSPS) is 11.1. The van der Waals surface area contributed by atoms with Gasteiger partial charge in [0.15, 0.2) is 0 Å². The molecule has 2 rings (SSSR count). The Bertz CT molecular complexity index is 790. The largest absolute Gasteiger partial charge is 0.481 e. The summed E-state index contributed by atoms with van der Waals surface area (Å²) in [5.74, 6) is -1.03. The Labute approximate surface area is 153 Å². The zero-order chi connectivity index (χ0) is 20.0. The molecule has 144 valence electrons. The number of carboxylic acids is 1. The van der Waals surface area contributed by atoms with Crippen molar-refractivity contribution < 1.29 is 32.6 Å². The molecule has 0 aliphatic heterocycles. The number of hydrogen-bond donors (Lipinski definition) is 1. The quantitative estimate of drug-likeness (QED) is 0.787. The minimum atomic E-state index is -4.47. The van der Waals surface area contributed by atoms with Gasteiger partial charge in [-0.05, 0) is 37.3 Å². The molecule has 0 spiro atoms. The zero-order valence-electron chi connectivity index (χ0n) is 14.4. The van der Waals surface area contributed by atoms with Crippen LogP contribution in [0, 0.1) is 0 Å². The first kappa shape index (κ1) is 20.2. The highest BCUT2D eigenvalue weighted by atomic mass is 19.4. The lowest BCUT2D eigenvalue weighted by Crippen LogP contribution is -2.32. The molecule has 2 aromatic rings. The van der Waals surface area contributed by atoms with E-state index in [9.17, 15) is 22.8 Å². The third-order valence-corrected chi connectivity index (χ3v) is 3.65. The van der Waals surface area contributed by atoms with Crippen LogP contribution in [0.15, 0.2) is 42.6 Å². The number of alkyl halides is 3. The van der Waals surface area contributed by atoms with Crippen LogP contribution in [0.25, 0.3) is 0 Å². The van der Waals surface area contributed by atoms with Crippen molar-refractivity contribution >= 4 is 11.9 Å². The van der Waals surface area contributed by atoms with Gasteiger partial charge >= 0.3 is 12.1 Å². The van der Waals surface area contributed by atoms with Crippen LogP contribution in [-0.2, 0) is 11.0 Å². The number of benzene rings is 1. The van der Waals surface area contributed by atoms with E-state index in [2.05, 4.69) is 4.98 Å². The van der Waals surface area contributed by atoms with Gasteiger partial charge in [0.2, 0.25) is 5.88 Å². The maximum atomic E-state index is 12.5. The molecule has 1 N–H and O–H groups in total. The topological polar surface area (TPSA) is 79.7 Å². The van der Waals surface area contributed by atoms with E-state index in [0.29, 0.717) is 24.1 Å². The third-order valence-electron chi connectivity index (χ3n) is 3.65. The van der Waals surface area contributed by atoms with E-state index in [1.54, 1.807) is 6.92 Å². The van der Waals surface area contributed by atoms with Crippen molar-refractivity contribution in [3.05, 3.63) is 53.7 Å². The number of carboxylic acid groups (broad SMARTS) is 1. The molecule has 1 aromatic carbocycles. The molecule has 1 amide bonds. The molecule has 1 aromatic heterocycles. The van der Waals surface area contributed by atoms with Crippen molar-refractivity contribution in [3.63, 3.8) is 0 Å². The van der Waals surface area contributed by atoms with Gasteiger partial charge in [0.25, 0.3) is 5.91 Å². The Balaban J connectivity index is 2.04. The van der Waals surface area contributed by atoms with Gasteiger partial charge in [-0.2, -0.15) is 13.2 Å². The third kappa shape index (κ3) is 5.70. The number of pyridine rings is 1. The summed E-state index contributed by atoms with van der Waals surface area (Å²) in [6.07, 6.45) is -3.95. The fourth-order valence-electron chi connectivity index (χ4n) is 2.21. The molecule has 0 bridgehead atoms. The van der Waals surface area contributed by atoms with Crippen molar-refractivity contribution in [2.24, 2.45) is 0 Å². The van der Waals surface area contributed by atoms with Crippen LogP contribution in [0.5, 0.6) is 11.6 Å². The maximum Gasteiger partial charge on any atom is 0.417 e. The number of carbonyl (C=O) groups excluding carboxylic acids is 1. The molecular weight excluding hydrogens is 365 g/mol. The molecule has 0 atom stereocenters. The number of rotatable bonds is 7. The zero-order valence-corrected chi connectivity index (χ0v) is 14.4. The van der Waals surface area contributed by atoms with Gasteiger partial charge in [-0.15, -0.1) is 0 Å². The summed E-state index contributed by atoms with van der Waals surface area (Å²) in [5.41, 5.74) is -0.535. The lowest BCUT2D eigenvalue weighted by Gasteiger charge is -2.20. The van der Waals surface area contributed by atoms with Crippen molar-refractivity contribution in [2.75, 3.05) is 13.1 Å². The summed E-state index contributed by atoms with van der Waals surface area (Å²) in [7, 11) is 0. The molecule has 0 radical (unpaired) electrons. The molecule has 0 unspecified atom stereocenters. The predicted molar refractivity (Wildman–Crippen MR) is 89.6 cm³/mol. The Morgan fingerprint density at radius 1 is 1.15 bits per heavy atom. The molecule has 6 nitrogen and oxygen atoms in total. The van der Waals surface area contributed by atoms with E-state index in [0.717, 1.165) is 12.1 Å². The first-order chi connectivity index (χ1) is 12.7. The maximum absolute atomic E-state index is 12.5. The SMILES string of the molecule is CCN(CCC(=O)O)C(=O)c1ccc(Oc2ccc(C(F)(F)F)cn2)cc1. The van der Waals surface area contributed by atoms with Crippen molar-refractivity contribution in [2.45, 2.75) is 19.5 Å². The van der Waals surface area contributed by atoms with Crippen LogP contribution in [0.1, 0.15) is 29.3 Å². The van der Waals surface area contributed by atoms with Crippen LogP contribution in [0.2, 0.25) is 0 Å². The van der Waals surface area contributed by atoms with Crippen LogP contribution in [-0.4, -0.2) is 40.0 Å². The average Bonchev–Trinajstić information content (AvgIpc) is 2.62. The van der Waals surface area contributed by atoms with Crippen LogP contribution in [0.3, 0.4) is 0 Å². The van der Waals surface area contributed by atoms with Gasteiger partial charge in [-0.1, -0.05) is 0 Å². The number of aliphatic carboxylic acids is 1. The Morgan fingerprint density at radius 3 is 2.30 bits per heavy atom. The summed E-state index contributed by atoms with van der Waals surface area (Å²) in [6, 6.07) is 7.92. The predicted octanol–water partition coefficient (Wildman–Crippen LogP) is 3.83. The van der Waals surface area contributed by atoms with Crippen molar-refractivity contribution in [3.8, 4) is 11.6 Å². The minimum Gasteiger partial charge on any atom is -0.481 e. The molecule has 9 heteroatoms. The first-order valence-electron chi connectivity index (χ1n) is 8.03. The van der Waals surface area contributed by atoms with Gasteiger partial charge in [-0.25, -0.2) is 4.98 Å². The van der Waals surface area contributed by atoms with E-state index >= 15 is 0 Å². The average molecular weight is 382 g/mol. The Hall–Kier alpha value is -3.10. The molecular formula is C18H17F3N2O4. The van der Waals surface area contributed by atoms with E-state index in [4.69, 9.17) is 9.84 Å². The molecule has 0 saturated carbocycles. The minimum absolute atomic E-state index is 0.0151. The standard InChI is InChI=1S/C18H17F3N2O4/c1-2-23(10-9-16(24)25)17(26)12-3-6-14(7-4-12)27-15-8-5-13(11-22-15)18(19,20)21/h3-8,11H,2,9-10H2,1H3,(H,24,25). The van der Waals surface area contributed by atoms with E-state index in [1.807, 2.05) is 0 Å². The second kappa shape index (κ2) is 8.52. The number of halogens is 3. The number of nitrogens with zero attached hydrogens (tertiary/aromatic N) is 2. The van der Waals surface area contributed by atoms with Crippen LogP contribution < -0.4 is 4.74 Å². The van der Waals surface area contributed by atoms with E-state index in [-0.39, 0.29) is 24.8 Å². The lowest BCUT2D eigenvalue weighted by molar-refractivity contribution is -0.138. The molecule has 0 saturated heterocycles. The molecule has 0 aliphatic carbocycles. The van der Waals surface area contributed by atoms with Crippen LogP contribution >= 0.6 is 0 Å². The lowest BCUT2D eigenvalue weighted by atomic mass is 10.2.